The zero-order valence-corrected chi connectivity index (χ0v) is 14.7. The van der Waals surface area contributed by atoms with Crippen LogP contribution < -0.4 is 5.32 Å². The summed E-state index contributed by atoms with van der Waals surface area (Å²) >= 11 is 0. The average Bonchev–Trinajstić information content (AvgIpc) is 2.56. The lowest BCUT2D eigenvalue weighted by atomic mass is 10.0. The van der Waals surface area contributed by atoms with Gasteiger partial charge in [0.2, 0.25) is 0 Å². The fourth-order valence-corrected chi connectivity index (χ4v) is 2.23. The van der Waals surface area contributed by atoms with Gasteiger partial charge >= 0.3 is 5.97 Å². The maximum Gasteiger partial charge on any atom is 0.328 e. The second-order valence-corrected chi connectivity index (χ2v) is 6.12. The molecule has 0 fully saturated rings. The van der Waals surface area contributed by atoms with Crippen LogP contribution in [0, 0.1) is 5.92 Å². The number of aryl methyl sites for hydroxylation is 1. The van der Waals surface area contributed by atoms with Crippen LogP contribution in [-0.4, -0.2) is 24.5 Å². The first kappa shape index (κ1) is 19.2. The van der Waals surface area contributed by atoms with E-state index in [1.807, 2.05) is 26.0 Å². The normalized spacial score (nSPS) is 12.0. The molecular formula is C19H29NO3. The summed E-state index contributed by atoms with van der Waals surface area (Å²) in [6.07, 6.45) is 3.91. The molecule has 0 aromatic heterocycles. The summed E-state index contributed by atoms with van der Waals surface area (Å²) in [7, 11) is 0. The Kier molecular flexibility index (Phi) is 8.38. The van der Waals surface area contributed by atoms with Crippen molar-refractivity contribution in [3.05, 3.63) is 35.4 Å². The van der Waals surface area contributed by atoms with Gasteiger partial charge in [0.1, 0.15) is 6.04 Å². The van der Waals surface area contributed by atoms with Gasteiger partial charge in [-0.2, -0.15) is 0 Å². The van der Waals surface area contributed by atoms with Crippen molar-refractivity contribution >= 4 is 11.9 Å². The van der Waals surface area contributed by atoms with Crippen LogP contribution in [0.15, 0.2) is 24.3 Å². The molecule has 1 unspecified atom stereocenters. The molecule has 0 spiro atoms. The molecule has 1 aromatic rings. The fraction of sp³-hybridized carbons (Fsp3) is 0.579. The van der Waals surface area contributed by atoms with Gasteiger partial charge in [-0.1, -0.05) is 52.7 Å². The Bertz CT molecular complexity index is 494. The summed E-state index contributed by atoms with van der Waals surface area (Å²) in [5.41, 5.74) is 1.74. The second kappa shape index (κ2) is 10.0. The highest BCUT2D eigenvalue weighted by Gasteiger charge is 2.26. The van der Waals surface area contributed by atoms with E-state index in [1.165, 1.54) is 5.56 Å². The van der Waals surface area contributed by atoms with E-state index in [-0.39, 0.29) is 17.8 Å². The first-order valence-electron chi connectivity index (χ1n) is 8.56. The highest BCUT2D eigenvalue weighted by molar-refractivity contribution is 5.96. The zero-order valence-electron chi connectivity index (χ0n) is 14.7. The molecular weight excluding hydrogens is 290 g/mol. The molecule has 0 aliphatic carbocycles. The molecule has 128 valence electrons. The summed E-state index contributed by atoms with van der Waals surface area (Å²) in [4.78, 5) is 24.5. The minimum absolute atomic E-state index is 0.0208. The first-order chi connectivity index (χ1) is 11.0. The van der Waals surface area contributed by atoms with Gasteiger partial charge in [0, 0.05) is 5.56 Å². The zero-order chi connectivity index (χ0) is 17.2. The number of rotatable bonds is 9. The van der Waals surface area contributed by atoms with Gasteiger partial charge in [0.15, 0.2) is 0 Å². The second-order valence-electron chi connectivity index (χ2n) is 6.12. The Morgan fingerprint density at radius 2 is 1.74 bits per heavy atom. The molecule has 23 heavy (non-hydrogen) atoms. The molecule has 0 aliphatic heterocycles. The maximum absolute atomic E-state index is 12.3. The Balaban J connectivity index is 2.63. The van der Waals surface area contributed by atoms with Crippen molar-refractivity contribution in [3.63, 3.8) is 0 Å². The number of hydrogen-bond acceptors (Lipinski definition) is 3. The number of hydrogen-bond donors (Lipinski definition) is 1. The standard InChI is InChI=1S/C19H29NO3/c1-5-7-8-13-23-19(22)17(14(3)4)20-18(21)16-11-9-15(6-2)10-12-16/h9-12,14,17H,5-8,13H2,1-4H3,(H,20,21). The van der Waals surface area contributed by atoms with E-state index < -0.39 is 6.04 Å². The molecule has 0 aliphatic rings. The van der Waals surface area contributed by atoms with Crippen LogP contribution in [0.3, 0.4) is 0 Å². The Labute approximate surface area is 139 Å². The molecule has 0 radical (unpaired) electrons. The van der Waals surface area contributed by atoms with E-state index in [0.717, 1.165) is 25.7 Å². The molecule has 1 atom stereocenters. The van der Waals surface area contributed by atoms with Gasteiger partial charge in [0.25, 0.3) is 5.91 Å². The quantitative estimate of drug-likeness (QED) is 0.557. The van der Waals surface area contributed by atoms with Crippen LogP contribution in [0.1, 0.15) is 62.9 Å². The molecule has 0 heterocycles. The van der Waals surface area contributed by atoms with Crippen molar-refractivity contribution in [2.45, 2.75) is 59.4 Å². The lowest BCUT2D eigenvalue weighted by Crippen LogP contribution is -2.45. The third kappa shape index (κ3) is 6.43. The van der Waals surface area contributed by atoms with Gasteiger partial charge in [-0.25, -0.2) is 4.79 Å². The number of carbonyl (C=O) groups is 2. The third-order valence-corrected chi connectivity index (χ3v) is 3.82. The monoisotopic (exact) mass is 319 g/mol. The number of unbranched alkanes of at least 4 members (excludes halogenated alkanes) is 2. The maximum atomic E-state index is 12.3. The lowest BCUT2D eigenvalue weighted by molar-refractivity contribution is -0.147. The van der Waals surface area contributed by atoms with E-state index in [9.17, 15) is 9.59 Å². The third-order valence-electron chi connectivity index (χ3n) is 3.82. The Morgan fingerprint density at radius 3 is 2.26 bits per heavy atom. The summed E-state index contributed by atoms with van der Waals surface area (Å²) in [6, 6.07) is 6.83. The van der Waals surface area contributed by atoms with Gasteiger partial charge in [0.05, 0.1) is 6.61 Å². The first-order valence-corrected chi connectivity index (χ1v) is 8.56. The van der Waals surface area contributed by atoms with Crippen LogP contribution in [0.4, 0.5) is 0 Å². The average molecular weight is 319 g/mol. The lowest BCUT2D eigenvalue weighted by Gasteiger charge is -2.21. The molecule has 4 heteroatoms. The SMILES string of the molecule is CCCCCOC(=O)C(NC(=O)c1ccc(CC)cc1)C(C)C. The molecule has 0 bridgehead atoms. The number of nitrogens with one attached hydrogen (secondary N) is 1. The van der Waals surface area contributed by atoms with E-state index in [2.05, 4.69) is 19.2 Å². The van der Waals surface area contributed by atoms with Crippen LogP contribution in [0.2, 0.25) is 0 Å². The van der Waals surface area contributed by atoms with Crippen LogP contribution in [-0.2, 0) is 16.0 Å². The van der Waals surface area contributed by atoms with E-state index >= 15 is 0 Å². The summed E-state index contributed by atoms with van der Waals surface area (Å²) < 4.78 is 5.29. The van der Waals surface area contributed by atoms with Gasteiger partial charge in [-0.3, -0.25) is 4.79 Å². The molecule has 4 nitrogen and oxygen atoms in total. The number of ether oxygens (including phenoxy) is 1. The minimum atomic E-state index is -0.616. The molecule has 0 saturated carbocycles. The Morgan fingerprint density at radius 1 is 1.09 bits per heavy atom. The van der Waals surface area contributed by atoms with Crippen molar-refractivity contribution in [3.8, 4) is 0 Å². The molecule has 1 amide bonds. The molecule has 0 saturated heterocycles. The topological polar surface area (TPSA) is 55.4 Å². The predicted molar refractivity (Wildman–Crippen MR) is 92.4 cm³/mol. The van der Waals surface area contributed by atoms with Crippen LogP contribution in [0.25, 0.3) is 0 Å². The summed E-state index contributed by atoms with van der Waals surface area (Å²) in [5.74, 6) is -0.612. The highest BCUT2D eigenvalue weighted by atomic mass is 16.5. The molecule has 1 aromatic carbocycles. The van der Waals surface area contributed by atoms with Crippen molar-refractivity contribution < 1.29 is 14.3 Å². The van der Waals surface area contributed by atoms with Crippen LogP contribution >= 0.6 is 0 Å². The molecule has 1 N–H and O–H groups in total. The number of benzene rings is 1. The van der Waals surface area contributed by atoms with E-state index in [4.69, 9.17) is 4.74 Å². The minimum Gasteiger partial charge on any atom is -0.464 e. The Hall–Kier alpha value is -1.84. The van der Waals surface area contributed by atoms with Crippen molar-refractivity contribution in [2.75, 3.05) is 6.61 Å². The smallest absolute Gasteiger partial charge is 0.328 e. The van der Waals surface area contributed by atoms with Crippen molar-refractivity contribution in [2.24, 2.45) is 5.92 Å². The number of amides is 1. The predicted octanol–water partition coefficient (Wildman–Crippen LogP) is 3.74. The van der Waals surface area contributed by atoms with Crippen molar-refractivity contribution in [1.29, 1.82) is 0 Å². The van der Waals surface area contributed by atoms with Gasteiger partial charge in [-0.05, 0) is 36.5 Å². The van der Waals surface area contributed by atoms with Crippen molar-refractivity contribution in [1.82, 2.24) is 5.32 Å². The number of carbonyl (C=O) groups excluding carboxylic acids is 2. The van der Waals surface area contributed by atoms with Gasteiger partial charge < -0.3 is 10.1 Å². The highest BCUT2D eigenvalue weighted by Crippen LogP contribution is 2.09. The molecule has 1 rings (SSSR count). The largest absolute Gasteiger partial charge is 0.464 e. The summed E-state index contributed by atoms with van der Waals surface area (Å²) in [5, 5.41) is 2.80. The summed E-state index contributed by atoms with van der Waals surface area (Å²) in [6.45, 7) is 8.38. The van der Waals surface area contributed by atoms with E-state index in [0.29, 0.717) is 12.2 Å². The van der Waals surface area contributed by atoms with Gasteiger partial charge in [-0.15, -0.1) is 0 Å². The van der Waals surface area contributed by atoms with E-state index in [1.54, 1.807) is 12.1 Å². The fourth-order valence-electron chi connectivity index (χ4n) is 2.23. The number of esters is 1. The van der Waals surface area contributed by atoms with Crippen LogP contribution in [0.5, 0.6) is 0 Å².